The molecule has 0 fully saturated rings. The van der Waals surface area contributed by atoms with Crippen molar-refractivity contribution in [1.29, 1.82) is 0 Å². The summed E-state index contributed by atoms with van der Waals surface area (Å²) in [4.78, 5) is 10.8. The maximum absolute atomic E-state index is 10.8. The van der Waals surface area contributed by atoms with Crippen LogP contribution in [0.2, 0.25) is 0 Å². The van der Waals surface area contributed by atoms with Crippen LogP contribution in [0.5, 0.6) is 0 Å². The molecule has 1 aliphatic rings. The van der Waals surface area contributed by atoms with Crippen molar-refractivity contribution in [1.82, 2.24) is 0 Å². The summed E-state index contributed by atoms with van der Waals surface area (Å²) in [6, 6.07) is 5.19. The van der Waals surface area contributed by atoms with Gasteiger partial charge in [0, 0.05) is 5.41 Å². The quantitative estimate of drug-likeness (QED) is 0.772. The molecule has 0 amide bonds. The molecule has 1 unspecified atom stereocenters. The van der Waals surface area contributed by atoms with Crippen LogP contribution in [0.1, 0.15) is 34.8 Å². The van der Waals surface area contributed by atoms with Gasteiger partial charge in [0.1, 0.15) is 0 Å². The van der Waals surface area contributed by atoms with Gasteiger partial charge in [0.05, 0.1) is 12.2 Å². The molecule has 0 radical (unpaired) electrons. The molecule has 3 heteroatoms. The lowest BCUT2D eigenvalue weighted by Gasteiger charge is -2.22. The highest BCUT2D eigenvalue weighted by Crippen LogP contribution is 2.38. The molecule has 0 aromatic heterocycles. The number of aromatic carboxylic acids is 1. The Hall–Kier alpha value is -1.35. The number of carboxylic acid groups (broad SMARTS) is 1. The highest BCUT2D eigenvalue weighted by molar-refractivity contribution is 5.88. The van der Waals surface area contributed by atoms with Crippen LogP contribution in [0, 0.1) is 0 Å². The maximum atomic E-state index is 10.8. The van der Waals surface area contributed by atoms with Gasteiger partial charge < -0.3 is 10.2 Å². The summed E-state index contributed by atoms with van der Waals surface area (Å²) < 4.78 is 0. The fourth-order valence-electron chi connectivity index (χ4n) is 2.20. The Morgan fingerprint density at radius 2 is 2.27 bits per heavy atom. The van der Waals surface area contributed by atoms with Crippen LogP contribution in [0.25, 0.3) is 0 Å². The third kappa shape index (κ3) is 1.53. The van der Waals surface area contributed by atoms with E-state index in [1.54, 1.807) is 12.1 Å². The van der Waals surface area contributed by atoms with Crippen LogP contribution in [0.15, 0.2) is 18.2 Å². The Kier molecular flexibility index (Phi) is 2.27. The van der Waals surface area contributed by atoms with Crippen LogP contribution < -0.4 is 0 Å². The first-order valence-electron chi connectivity index (χ1n) is 5.04. The minimum Gasteiger partial charge on any atom is -0.478 e. The standard InChI is InChI=1S/C12H14O3/c1-12(7-13)5-4-8-2-3-9(11(14)15)6-10(8)12/h2-3,6,13H,4-5,7H2,1H3,(H,14,15). The topological polar surface area (TPSA) is 57.5 Å². The zero-order valence-corrected chi connectivity index (χ0v) is 8.66. The van der Waals surface area contributed by atoms with Crippen molar-refractivity contribution >= 4 is 5.97 Å². The van der Waals surface area contributed by atoms with Crippen LogP contribution in [0.4, 0.5) is 0 Å². The molecule has 0 spiro atoms. The maximum Gasteiger partial charge on any atom is 0.335 e. The molecule has 0 heterocycles. The molecule has 0 aliphatic heterocycles. The molecule has 2 N–H and O–H groups in total. The molecule has 3 nitrogen and oxygen atoms in total. The van der Waals surface area contributed by atoms with Gasteiger partial charge >= 0.3 is 5.97 Å². The van der Waals surface area contributed by atoms with E-state index < -0.39 is 5.97 Å². The monoisotopic (exact) mass is 206 g/mol. The second-order valence-electron chi connectivity index (χ2n) is 4.40. The van der Waals surface area contributed by atoms with Gasteiger partial charge in [-0.2, -0.15) is 0 Å². The lowest BCUT2D eigenvalue weighted by Crippen LogP contribution is -2.23. The van der Waals surface area contributed by atoms with Gasteiger partial charge in [-0.1, -0.05) is 13.0 Å². The van der Waals surface area contributed by atoms with E-state index in [1.165, 1.54) is 0 Å². The molecule has 1 atom stereocenters. The van der Waals surface area contributed by atoms with Crippen LogP contribution in [0.3, 0.4) is 0 Å². The summed E-state index contributed by atoms with van der Waals surface area (Å²) in [5, 5.41) is 18.3. The molecule has 1 aromatic carbocycles. The predicted molar refractivity (Wildman–Crippen MR) is 56.2 cm³/mol. The number of hydrogen-bond acceptors (Lipinski definition) is 2. The molecule has 1 aliphatic carbocycles. The first-order chi connectivity index (χ1) is 7.07. The number of benzene rings is 1. The van der Waals surface area contributed by atoms with E-state index in [4.69, 9.17) is 5.11 Å². The third-order valence-electron chi connectivity index (χ3n) is 3.30. The van der Waals surface area contributed by atoms with Crippen LogP contribution >= 0.6 is 0 Å². The Morgan fingerprint density at radius 3 is 2.87 bits per heavy atom. The molecule has 80 valence electrons. The van der Waals surface area contributed by atoms with Crippen molar-refractivity contribution in [3.05, 3.63) is 34.9 Å². The summed E-state index contributed by atoms with van der Waals surface area (Å²) in [5.74, 6) is -0.912. The van der Waals surface area contributed by atoms with Crippen molar-refractivity contribution < 1.29 is 15.0 Å². The number of hydrogen-bond donors (Lipinski definition) is 2. The van der Waals surface area contributed by atoms with Crippen molar-refractivity contribution in [3.8, 4) is 0 Å². The SMILES string of the molecule is CC1(CO)CCc2ccc(C(=O)O)cc21. The third-order valence-corrected chi connectivity index (χ3v) is 3.30. The predicted octanol–water partition coefficient (Wildman–Crippen LogP) is 1.58. The Bertz CT molecular complexity index is 411. The van der Waals surface area contributed by atoms with E-state index >= 15 is 0 Å². The molecular weight excluding hydrogens is 192 g/mol. The van der Waals surface area contributed by atoms with E-state index in [2.05, 4.69) is 0 Å². The first-order valence-corrected chi connectivity index (χ1v) is 5.04. The summed E-state index contributed by atoms with van der Waals surface area (Å²) >= 11 is 0. The van der Waals surface area contributed by atoms with E-state index in [9.17, 15) is 9.90 Å². The summed E-state index contributed by atoms with van der Waals surface area (Å²) in [7, 11) is 0. The molecular formula is C12H14O3. The molecule has 0 bridgehead atoms. The summed E-state index contributed by atoms with van der Waals surface area (Å²) in [5.41, 5.74) is 2.19. The number of carbonyl (C=O) groups is 1. The highest BCUT2D eigenvalue weighted by Gasteiger charge is 2.34. The number of carboxylic acids is 1. The highest BCUT2D eigenvalue weighted by atomic mass is 16.4. The van der Waals surface area contributed by atoms with Gasteiger partial charge in [-0.05, 0) is 36.1 Å². The van der Waals surface area contributed by atoms with Gasteiger partial charge in [0.15, 0.2) is 0 Å². The Morgan fingerprint density at radius 1 is 1.53 bits per heavy atom. The second kappa shape index (κ2) is 3.35. The molecule has 0 saturated heterocycles. The van der Waals surface area contributed by atoms with Gasteiger partial charge in [-0.25, -0.2) is 4.79 Å². The number of aliphatic hydroxyl groups is 1. The minimum atomic E-state index is -0.912. The number of rotatable bonds is 2. The zero-order chi connectivity index (χ0) is 11.1. The van der Waals surface area contributed by atoms with E-state index in [-0.39, 0.29) is 12.0 Å². The van der Waals surface area contributed by atoms with E-state index in [0.717, 1.165) is 24.0 Å². The number of aliphatic hydroxyl groups excluding tert-OH is 1. The minimum absolute atomic E-state index is 0.0725. The van der Waals surface area contributed by atoms with Crippen molar-refractivity contribution in [2.45, 2.75) is 25.2 Å². The van der Waals surface area contributed by atoms with Crippen molar-refractivity contribution in [2.24, 2.45) is 0 Å². The fourth-order valence-corrected chi connectivity index (χ4v) is 2.20. The normalized spacial score (nSPS) is 23.9. The van der Waals surface area contributed by atoms with E-state index in [1.807, 2.05) is 13.0 Å². The number of fused-ring (bicyclic) bond motifs is 1. The average molecular weight is 206 g/mol. The van der Waals surface area contributed by atoms with Gasteiger partial charge in [0.2, 0.25) is 0 Å². The smallest absolute Gasteiger partial charge is 0.335 e. The zero-order valence-electron chi connectivity index (χ0n) is 8.66. The molecule has 1 aromatic rings. The first kappa shape index (κ1) is 10.2. The van der Waals surface area contributed by atoms with Crippen LogP contribution in [-0.4, -0.2) is 22.8 Å². The molecule has 15 heavy (non-hydrogen) atoms. The van der Waals surface area contributed by atoms with Crippen LogP contribution in [-0.2, 0) is 11.8 Å². The van der Waals surface area contributed by atoms with Crippen molar-refractivity contribution in [2.75, 3.05) is 6.61 Å². The lowest BCUT2D eigenvalue weighted by molar-refractivity contribution is 0.0696. The number of aryl methyl sites for hydroxylation is 1. The van der Waals surface area contributed by atoms with E-state index in [0.29, 0.717) is 5.56 Å². The summed E-state index contributed by atoms with van der Waals surface area (Å²) in [6.45, 7) is 2.05. The largest absolute Gasteiger partial charge is 0.478 e. The fraction of sp³-hybridized carbons (Fsp3) is 0.417. The van der Waals surface area contributed by atoms with Gasteiger partial charge in [-0.3, -0.25) is 0 Å². The van der Waals surface area contributed by atoms with Crippen molar-refractivity contribution in [3.63, 3.8) is 0 Å². The average Bonchev–Trinajstić information content (AvgIpc) is 2.57. The Balaban J connectivity index is 2.51. The van der Waals surface area contributed by atoms with Gasteiger partial charge in [-0.15, -0.1) is 0 Å². The summed E-state index contributed by atoms with van der Waals surface area (Å²) in [6.07, 6.45) is 1.81. The molecule has 0 saturated carbocycles. The lowest BCUT2D eigenvalue weighted by atomic mass is 9.84. The molecule has 2 rings (SSSR count). The van der Waals surface area contributed by atoms with Gasteiger partial charge in [0.25, 0.3) is 0 Å². The Labute approximate surface area is 88.4 Å². The second-order valence-corrected chi connectivity index (χ2v) is 4.40.